The van der Waals surface area contributed by atoms with Crippen molar-refractivity contribution in [1.82, 2.24) is 9.97 Å². The number of aromatic nitrogens is 2. The van der Waals surface area contributed by atoms with Crippen molar-refractivity contribution >= 4 is 17.4 Å². The van der Waals surface area contributed by atoms with Crippen molar-refractivity contribution in [3.05, 3.63) is 21.7 Å². The Kier molecular flexibility index (Phi) is 3.03. The van der Waals surface area contributed by atoms with Gasteiger partial charge in [0.15, 0.2) is 5.82 Å². The van der Waals surface area contributed by atoms with E-state index in [0.29, 0.717) is 23.7 Å². The lowest BCUT2D eigenvalue weighted by Gasteiger charge is -2.27. The Morgan fingerprint density at radius 3 is 3.00 bits per heavy atom. The van der Waals surface area contributed by atoms with Gasteiger partial charge in [-0.1, -0.05) is 11.6 Å². The van der Waals surface area contributed by atoms with Gasteiger partial charge in [0, 0.05) is 19.1 Å². The molecule has 6 heteroatoms. The summed E-state index contributed by atoms with van der Waals surface area (Å²) >= 11 is 6.03. The molecule has 1 aromatic heterocycles. The summed E-state index contributed by atoms with van der Waals surface area (Å²) in [4.78, 5) is 20.3. The number of hydrogen-bond acceptors (Lipinski definition) is 4. The lowest BCUT2D eigenvalue weighted by atomic mass is 9.79. The van der Waals surface area contributed by atoms with Gasteiger partial charge in [0.1, 0.15) is 5.02 Å². The number of halogens is 1. The molecule has 5 nitrogen and oxygen atoms in total. The van der Waals surface area contributed by atoms with Crippen LogP contribution in [-0.2, 0) is 0 Å². The maximum Gasteiger partial charge on any atom is 0.271 e. The van der Waals surface area contributed by atoms with Crippen LogP contribution >= 0.6 is 11.6 Å². The summed E-state index contributed by atoms with van der Waals surface area (Å²) in [5, 5.41) is 0.195. The number of nitrogens with one attached hydrogen (secondary N) is 1. The Morgan fingerprint density at radius 2 is 2.17 bits per heavy atom. The molecular formula is C12H17ClN4O. The minimum Gasteiger partial charge on any atom is -0.355 e. The fraction of sp³-hybridized carbons (Fsp3) is 0.667. The Balaban J connectivity index is 1.83. The van der Waals surface area contributed by atoms with E-state index in [4.69, 9.17) is 17.3 Å². The molecule has 3 rings (SSSR count). The molecule has 0 aromatic carbocycles. The van der Waals surface area contributed by atoms with Crippen LogP contribution in [-0.4, -0.2) is 29.1 Å². The third kappa shape index (κ3) is 2.01. The standard InChI is InChI=1S/C12H17ClN4O/c13-10-11(15-6-16-12(10)18)17-4-7-1-2-9(14)3-8(7)5-17/h6-9H,1-5,14H2,(H,15,16,18)/t7-,8+,9?/m1/s1. The fourth-order valence-electron chi connectivity index (χ4n) is 3.23. The Hall–Kier alpha value is -1.07. The molecule has 1 saturated heterocycles. The van der Waals surface area contributed by atoms with E-state index in [1.54, 1.807) is 0 Å². The minimum atomic E-state index is -0.270. The van der Waals surface area contributed by atoms with E-state index in [-0.39, 0.29) is 10.6 Å². The number of aromatic amines is 1. The van der Waals surface area contributed by atoms with Gasteiger partial charge in [0.25, 0.3) is 5.56 Å². The van der Waals surface area contributed by atoms with Crippen LogP contribution in [0.5, 0.6) is 0 Å². The molecule has 0 amide bonds. The molecule has 2 aliphatic rings. The molecule has 0 bridgehead atoms. The summed E-state index contributed by atoms with van der Waals surface area (Å²) in [7, 11) is 0. The fourth-order valence-corrected chi connectivity index (χ4v) is 3.46. The Morgan fingerprint density at radius 1 is 1.39 bits per heavy atom. The van der Waals surface area contributed by atoms with Gasteiger partial charge >= 0.3 is 0 Å². The van der Waals surface area contributed by atoms with Gasteiger partial charge in [-0.2, -0.15) is 0 Å². The SMILES string of the molecule is NC1CC[C@@H]2CN(c3nc[nH]c(=O)c3Cl)C[C@@H]2C1. The number of fused-ring (bicyclic) bond motifs is 1. The van der Waals surface area contributed by atoms with Crippen LogP contribution in [0.3, 0.4) is 0 Å². The molecule has 98 valence electrons. The van der Waals surface area contributed by atoms with Gasteiger partial charge in [-0.05, 0) is 31.1 Å². The lowest BCUT2D eigenvalue weighted by molar-refractivity contribution is 0.271. The molecular weight excluding hydrogens is 252 g/mol. The van der Waals surface area contributed by atoms with Crippen LogP contribution in [0.4, 0.5) is 5.82 Å². The van der Waals surface area contributed by atoms with Crippen LogP contribution in [0.2, 0.25) is 5.02 Å². The van der Waals surface area contributed by atoms with Crippen LogP contribution in [0.1, 0.15) is 19.3 Å². The van der Waals surface area contributed by atoms with E-state index in [1.807, 2.05) is 0 Å². The number of H-pyrrole nitrogens is 1. The molecule has 3 atom stereocenters. The highest BCUT2D eigenvalue weighted by Crippen LogP contribution is 2.38. The molecule has 1 unspecified atom stereocenters. The van der Waals surface area contributed by atoms with Crippen LogP contribution < -0.4 is 16.2 Å². The maximum atomic E-state index is 11.5. The smallest absolute Gasteiger partial charge is 0.271 e. The quantitative estimate of drug-likeness (QED) is 0.796. The number of nitrogens with two attached hydrogens (primary N) is 1. The van der Waals surface area contributed by atoms with Crippen molar-refractivity contribution in [3.8, 4) is 0 Å². The third-order valence-corrected chi connectivity index (χ3v) is 4.51. The van der Waals surface area contributed by atoms with E-state index in [9.17, 15) is 4.79 Å². The number of nitrogens with zero attached hydrogens (tertiary/aromatic N) is 2. The maximum absolute atomic E-state index is 11.5. The third-order valence-electron chi connectivity index (χ3n) is 4.17. The molecule has 0 radical (unpaired) electrons. The van der Waals surface area contributed by atoms with Gasteiger partial charge < -0.3 is 15.6 Å². The van der Waals surface area contributed by atoms with E-state index in [0.717, 1.165) is 25.9 Å². The first-order chi connectivity index (χ1) is 8.65. The summed E-state index contributed by atoms with van der Waals surface area (Å²) < 4.78 is 0. The monoisotopic (exact) mass is 268 g/mol. The predicted octanol–water partition coefficient (Wildman–Crippen LogP) is 0.987. The van der Waals surface area contributed by atoms with E-state index in [2.05, 4.69) is 14.9 Å². The highest BCUT2D eigenvalue weighted by atomic mass is 35.5. The van der Waals surface area contributed by atoms with Crippen molar-refractivity contribution in [2.45, 2.75) is 25.3 Å². The average Bonchev–Trinajstić information content (AvgIpc) is 2.75. The molecule has 2 fully saturated rings. The van der Waals surface area contributed by atoms with Crippen molar-refractivity contribution in [1.29, 1.82) is 0 Å². The van der Waals surface area contributed by atoms with Crippen molar-refractivity contribution < 1.29 is 0 Å². The van der Waals surface area contributed by atoms with Gasteiger partial charge in [-0.25, -0.2) is 4.98 Å². The number of anilines is 1. The molecule has 1 aliphatic heterocycles. The molecule has 1 aliphatic carbocycles. The Bertz CT molecular complexity index is 503. The van der Waals surface area contributed by atoms with Gasteiger partial charge in [-0.3, -0.25) is 4.79 Å². The zero-order chi connectivity index (χ0) is 12.7. The first kappa shape index (κ1) is 12.0. The first-order valence-corrected chi connectivity index (χ1v) is 6.76. The molecule has 0 spiro atoms. The second-order valence-electron chi connectivity index (χ2n) is 5.37. The highest BCUT2D eigenvalue weighted by molar-refractivity contribution is 6.32. The molecule has 1 saturated carbocycles. The Labute approximate surface area is 110 Å². The summed E-state index contributed by atoms with van der Waals surface area (Å²) in [5.41, 5.74) is 5.74. The van der Waals surface area contributed by atoms with Crippen LogP contribution in [0, 0.1) is 11.8 Å². The number of hydrogen-bond donors (Lipinski definition) is 2. The largest absolute Gasteiger partial charge is 0.355 e. The second-order valence-corrected chi connectivity index (χ2v) is 5.75. The zero-order valence-electron chi connectivity index (χ0n) is 10.1. The van der Waals surface area contributed by atoms with E-state index < -0.39 is 0 Å². The molecule has 2 heterocycles. The van der Waals surface area contributed by atoms with Crippen molar-refractivity contribution in [2.24, 2.45) is 17.6 Å². The van der Waals surface area contributed by atoms with Gasteiger partial charge in [0.05, 0.1) is 6.33 Å². The minimum absolute atomic E-state index is 0.195. The summed E-state index contributed by atoms with van der Waals surface area (Å²) in [6.45, 7) is 1.85. The average molecular weight is 269 g/mol. The number of rotatable bonds is 1. The summed E-state index contributed by atoms with van der Waals surface area (Å²) in [5.74, 6) is 1.90. The van der Waals surface area contributed by atoms with Gasteiger partial charge in [-0.15, -0.1) is 0 Å². The topological polar surface area (TPSA) is 75.0 Å². The van der Waals surface area contributed by atoms with Crippen molar-refractivity contribution in [3.63, 3.8) is 0 Å². The zero-order valence-corrected chi connectivity index (χ0v) is 10.9. The second kappa shape index (κ2) is 4.55. The summed E-state index contributed by atoms with van der Waals surface area (Å²) in [6.07, 6.45) is 4.76. The van der Waals surface area contributed by atoms with E-state index in [1.165, 1.54) is 12.7 Å². The van der Waals surface area contributed by atoms with Crippen LogP contribution in [0.25, 0.3) is 0 Å². The molecule has 1 aromatic rings. The van der Waals surface area contributed by atoms with Crippen LogP contribution in [0.15, 0.2) is 11.1 Å². The van der Waals surface area contributed by atoms with Gasteiger partial charge in [0.2, 0.25) is 0 Å². The van der Waals surface area contributed by atoms with E-state index >= 15 is 0 Å². The summed E-state index contributed by atoms with van der Waals surface area (Å²) in [6, 6.07) is 0.328. The normalized spacial score (nSPS) is 31.4. The first-order valence-electron chi connectivity index (χ1n) is 6.39. The molecule has 18 heavy (non-hydrogen) atoms. The predicted molar refractivity (Wildman–Crippen MR) is 70.9 cm³/mol. The molecule has 3 N–H and O–H groups in total. The highest BCUT2D eigenvalue weighted by Gasteiger charge is 2.37. The lowest BCUT2D eigenvalue weighted by Crippen LogP contribution is -2.32. The van der Waals surface area contributed by atoms with Crippen molar-refractivity contribution in [2.75, 3.05) is 18.0 Å².